The zero-order valence-electron chi connectivity index (χ0n) is 25.8. The Balaban J connectivity index is 1.45. The molecule has 3 nitrogen and oxygen atoms in total. The lowest BCUT2D eigenvalue weighted by atomic mass is 9.93. The molecule has 1 atom stereocenters. The van der Waals surface area contributed by atoms with E-state index in [1.807, 2.05) is 43.3 Å². The predicted octanol–water partition coefficient (Wildman–Crippen LogP) is 11.4. The standard InChI is InChI=1S/C37H47F3O3/c1-3-5-7-9-10-12-28-42-34-26-21-31(22-27-34)30-17-19-32(20-18-30)36(41)43-35-24-15-29(16-25-35)14-23-33(37(38,39)40)13-11-8-6-4-2/h15-22,24-27,33H,3-14,23,28H2,1-2H3. The number of carbonyl (C=O) groups is 1. The Morgan fingerprint density at radius 2 is 1.19 bits per heavy atom. The molecule has 0 amide bonds. The van der Waals surface area contributed by atoms with Crippen molar-refractivity contribution >= 4 is 5.97 Å². The van der Waals surface area contributed by atoms with Crippen molar-refractivity contribution in [3.05, 3.63) is 83.9 Å². The Kier molecular flexibility index (Phi) is 14.6. The molecule has 0 aliphatic heterocycles. The Labute approximate surface area is 255 Å². The summed E-state index contributed by atoms with van der Waals surface area (Å²) in [5, 5.41) is 0. The minimum absolute atomic E-state index is 0.0655. The van der Waals surface area contributed by atoms with Crippen molar-refractivity contribution in [3.63, 3.8) is 0 Å². The average Bonchev–Trinajstić information content (AvgIpc) is 3.01. The van der Waals surface area contributed by atoms with Crippen molar-refractivity contribution in [1.82, 2.24) is 0 Å². The molecule has 0 N–H and O–H groups in total. The van der Waals surface area contributed by atoms with Crippen molar-refractivity contribution in [2.24, 2.45) is 5.92 Å². The Hall–Kier alpha value is -3.28. The van der Waals surface area contributed by atoms with E-state index in [2.05, 4.69) is 6.92 Å². The fourth-order valence-electron chi connectivity index (χ4n) is 5.13. The zero-order valence-corrected chi connectivity index (χ0v) is 25.8. The van der Waals surface area contributed by atoms with E-state index in [0.717, 1.165) is 54.7 Å². The third-order valence-electron chi connectivity index (χ3n) is 7.86. The van der Waals surface area contributed by atoms with Crippen LogP contribution in [0.3, 0.4) is 0 Å². The quantitative estimate of drug-likeness (QED) is 0.0784. The second-order valence-corrected chi connectivity index (χ2v) is 11.4. The summed E-state index contributed by atoms with van der Waals surface area (Å²) in [4.78, 5) is 12.7. The maximum atomic E-state index is 13.5. The fraction of sp³-hybridized carbons (Fsp3) is 0.486. The molecule has 3 rings (SSSR count). The van der Waals surface area contributed by atoms with Gasteiger partial charge in [-0.25, -0.2) is 4.79 Å². The van der Waals surface area contributed by atoms with Gasteiger partial charge in [0.25, 0.3) is 0 Å². The molecule has 0 heterocycles. The Morgan fingerprint density at radius 3 is 1.79 bits per heavy atom. The smallest absolute Gasteiger partial charge is 0.391 e. The van der Waals surface area contributed by atoms with E-state index in [1.165, 1.54) is 32.1 Å². The van der Waals surface area contributed by atoms with Gasteiger partial charge in [0.15, 0.2) is 0 Å². The Morgan fingerprint density at radius 1 is 0.651 bits per heavy atom. The molecule has 234 valence electrons. The molecule has 0 aliphatic rings. The lowest BCUT2D eigenvalue weighted by Gasteiger charge is -2.20. The van der Waals surface area contributed by atoms with E-state index < -0.39 is 18.1 Å². The van der Waals surface area contributed by atoms with Gasteiger partial charge in [-0.05, 0) is 78.8 Å². The van der Waals surface area contributed by atoms with Gasteiger partial charge >= 0.3 is 12.1 Å². The minimum Gasteiger partial charge on any atom is -0.494 e. The van der Waals surface area contributed by atoms with Crippen LogP contribution in [0.25, 0.3) is 11.1 Å². The van der Waals surface area contributed by atoms with Crippen LogP contribution in [-0.4, -0.2) is 18.8 Å². The van der Waals surface area contributed by atoms with Gasteiger partial charge in [0.05, 0.1) is 18.1 Å². The lowest BCUT2D eigenvalue weighted by Crippen LogP contribution is -2.23. The molecule has 3 aromatic rings. The highest BCUT2D eigenvalue weighted by atomic mass is 19.4. The third-order valence-corrected chi connectivity index (χ3v) is 7.86. The summed E-state index contributed by atoms with van der Waals surface area (Å²) in [6, 6.07) is 21.9. The summed E-state index contributed by atoms with van der Waals surface area (Å²) < 4.78 is 51.8. The van der Waals surface area contributed by atoms with Crippen LogP contribution in [0.2, 0.25) is 0 Å². The van der Waals surface area contributed by atoms with Crippen LogP contribution in [0.15, 0.2) is 72.8 Å². The number of ether oxygens (including phenoxy) is 2. The highest BCUT2D eigenvalue weighted by Crippen LogP contribution is 2.34. The number of halogens is 3. The van der Waals surface area contributed by atoms with Gasteiger partial charge in [-0.15, -0.1) is 0 Å². The molecular weight excluding hydrogens is 549 g/mol. The summed E-state index contributed by atoms with van der Waals surface area (Å²) >= 11 is 0. The number of benzene rings is 3. The van der Waals surface area contributed by atoms with E-state index >= 15 is 0 Å². The number of hydrogen-bond acceptors (Lipinski definition) is 3. The van der Waals surface area contributed by atoms with Crippen molar-refractivity contribution in [2.75, 3.05) is 6.61 Å². The van der Waals surface area contributed by atoms with Crippen molar-refractivity contribution in [2.45, 2.75) is 103 Å². The van der Waals surface area contributed by atoms with E-state index in [-0.39, 0.29) is 12.8 Å². The van der Waals surface area contributed by atoms with E-state index in [1.54, 1.807) is 36.4 Å². The molecule has 0 spiro atoms. The van der Waals surface area contributed by atoms with Gasteiger partial charge in [-0.2, -0.15) is 13.2 Å². The largest absolute Gasteiger partial charge is 0.494 e. The van der Waals surface area contributed by atoms with Gasteiger partial charge in [0, 0.05) is 0 Å². The highest BCUT2D eigenvalue weighted by Gasteiger charge is 2.38. The predicted molar refractivity (Wildman–Crippen MR) is 169 cm³/mol. The van der Waals surface area contributed by atoms with E-state index in [0.29, 0.717) is 24.2 Å². The summed E-state index contributed by atoms with van der Waals surface area (Å²) in [5.74, 6) is -0.555. The van der Waals surface area contributed by atoms with Crippen molar-refractivity contribution < 1.29 is 27.4 Å². The maximum Gasteiger partial charge on any atom is 0.391 e. The van der Waals surface area contributed by atoms with Crippen molar-refractivity contribution in [3.8, 4) is 22.6 Å². The molecule has 0 aliphatic carbocycles. The number of unbranched alkanes of at least 4 members (excludes halogenated alkanes) is 8. The first-order chi connectivity index (χ1) is 20.8. The number of esters is 1. The molecular formula is C37H47F3O3. The topological polar surface area (TPSA) is 35.5 Å². The van der Waals surface area contributed by atoms with Crippen LogP contribution in [0.5, 0.6) is 11.5 Å². The normalized spacial score (nSPS) is 12.2. The molecule has 0 radical (unpaired) electrons. The monoisotopic (exact) mass is 596 g/mol. The second-order valence-electron chi connectivity index (χ2n) is 11.4. The first-order valence-electron chi connectivity index (χ1n) is 16.0. The van der Waals surface area contributed by atoms with Gasteiger partial charge < -0.3 is 9.47 Å². The van der Waals surface area contributed by atoms with Crippen LogP contribution in [0, 0.1) is 5.92 Å². The van der Waals surface area contributed by atoms with E-state index in [4.69, 9.17) is 9.47 Å². The molecule has 0 bridgehead atoms. The molecule has 6 heteroatoms. The number of alkyl halides is 3. The van der Waals surface area contributed by atoms with E-state index in [9.17, 15) is 18.0 Å². The minimum atomic E-state index is -4.18. The fourth-order valence-corrected chi connectivity index (χ4v) is 5.13. The van der Waals surface area contributed by atoms with Crippen LogP contribution >= 0.6 is 0 Å². The maximum absolute atomic E-state index is 13.5. The summed E-state index contributed by atoms with van der Waals surface area (Å²) in [7, 11) is 0. The first kappa shape index (κ1) is 34.2. The van der Waals surface area contributed by atoms with Crippen molar-refractivity contribution in [1.29, 1.82) is 0 Å². The number of rotatable bonds is 19. The second kappa shape index (κ2) is 18.4. The summed E-state index contributed by atoms with van der Waals surface area (Å²) in [6.07, 6.45) is 7.20. The van der Waals surface area contributed by atoms with Crippen LogP contribution < -0.4 is 9.47 Å². The van der Waals surface area contributed by atoms with Crippen LogP contribution in [0.4, 0.5) is 13.2 Å². The summed E-state index contributed by atoms with van der Waals surface area (Å²) in [6.45, 7) is 4.99. The van der Waals surface area contributed by atoms with Gasteiger partial charge in [0.1, 0.15) is 11.5 Å². The molecule has 0 saturated carbocycles. The average molecular weight is 597 g/mol. The van der Waals surface area contributed by atoms with Gasteiger partial charge in [-0.1, -0.05) is 108 Å². The Bertz CT molecular complexity index is 1190. The zero-order chi connectivity index (χ0) is 30.9. The number of carbonyl (C=O) groups excluding carboxylic acids is 1. The highest BCUT2D eigenvalue weighted by molar-refractivity contribution is 5.91. The lowest BCUT2D eigenvalue weighted by molar-refractivity contribution is -0.178. The summed E-state index contributed by atoms with van der Waals surface area (Å²) in [5.41, 5.74) is 3.22. The molecule has 3 aromatic carbocycles. The van der Waals surface area contributed by atoms with Gasteiger partial charge in [0.2, 0.25) is 0 Å². The third kappa shape index (κ3) is 12.5. The molecule has 0 fully saturated rings. The molecule has 1 unspecified atom stereocenters. The van der Waals surface area contributed by atoms with Crippen LogP contribution in [0.1, 0.15) is 107 Å². The number of hydrogen-bond donors (Lipinski definition) is 0. The first-order valence-corrected chi connectivity index (χ1v) is 16.0. The van der Waals surface area contributed by atoms with Gasteiger partial charge in [-0.3, -0.25) is 0 Å². The van der Waals surface area contributed by atoms with Crippen LogP contribution in [-0.2, 0) is 6.42 Å². The number of aryl methyl sites for hydroxylation is 1. The molecule has 43 heavy (non-hydrogen) atoms. The molecule has 0 saturated heterocycles. The SMILES string of the molecule is CCCCCCCCOc1ccc(-c2ccc(C(=O)Oc3ccc(CCC(CCCCCC)C(F)(F)F)cc3)cc2)cc1. The molecule has 0 aromatic heterocycles.